The fourth-order valence-electron chi connectivity index (χ4n) is 0.718. The van der Waals surface area contributed by atoms with Gasteiger partial charge in [-0.25, -0.2) is 4.98 Å². The number of hydrogen-bond acceptors (Lipinski definition) is 4. The van der Waals surface area contributed by atoms with E-state index in [0.717, 1.165) is 22.2 Å². The first-order valence-electron chi connectivity index (χ1n) is 4.31. The molecular formula is C9H15NOS2. The smallest absolute Gasteiger partial charge is 0.150 e. The van der Waals surface area contributed by atoms with Crippen LogP contribution >= 0.6 is 23.1 Å². The first kappa shape index (κ1) is 11.0. The second-order valence-corrected chi connectivity index (χ2v) is 5.47. The molecule has 1 heterocycles. The lowest BCUT2D eigenvalue weighted by Gasteiger charge is -2.19. The molecular weight excluding hydrogens is 202 g/mol. The highest BCUT2D eigenvalue weighted by Gasteiger charge is 2.18. The highest BCUT2D eigenvalue weighted by atomic mass is 32.2. The predicted molar refractivity (Wildman–Crippen MR) is 58.5 cm³/mol. The standard InChI is InChI=1S/C9H15NOS2/c1-4-9(3,11)6-13-8-10-7(2)5-12-8/h5,11H,4,6H2,1-3H3. The monoisotopic (exact) mass is 217 g/mol. The molecule has 2 nitrogen and oxygen atoms in total. The molecule has 0 saturated carbocycles. The van der Waals surface area contributed by atoms with Crippen LogP contribution in [0.25, 0.3) is 0 Å². The maximum absolute atomic E-state index is 9.75. The average Bonchev–Trinajstić information content (AvgIpc) is 2.48. The highest BCUT2D eigenvalue weighted by molar-refractivity contribution is 8.01. The van der Waals surface area contributed by atoms with Crippen LogP contribution in [-0.4, -0.2) is 21.4 Å². The van der Waals surface area contributed by atoms with Gasteiger partial charge in [-0.15, -0.1) is 11.3 Å². The number of nitrogens with zero attached hydrogens (tertiary/aromatic N) is 1. The van der Waals surface area contributed by atoms with Gasteiger partial charge in [-0.05, 0) is 20.3 Å². The minimum Gasteiger partial charge on any atom is -0.389 e. The van der Waals surface area contributed by atoms with Crippen LogP contribution in [-0.2, 0) is 0 Å². The Hall–Kier alpha value is -0.0600. The van der Waals surface area contributed by atoms with Crippen LogP contribution in [0.2, 0.25) is 0 Å². The van der Waals surface area contributed by atoms with Crippen molar-refractivity contribution < 1.29 is 5.11 Å². The van der Waals surface area contributed by atoms with Crippen molar-refractivity contribution in [3.63, 3.8) is 0 Å². The number of thiazole rings is 1. The molecule has 13 heavy (non-hydrogen) atoms. The summed E-state index contributed by atoms with van der Waals surface area (Å²) in [5.74, 6) is 0.719. The van der Waals surface area contributed by atoms with Gasteiger partial charge in [0.1, 0.15) is 4.34 Å². The van der Waals surface area contributed by atoms with E-state index in [1.807, 2.05) is 26.2 Å². The van der Waals surface area contributed by atoms with Gasteiger partial charge in [0, 0.05) is 16.8 Å². The number of thioether (sulfide) groups is 1. The van der Waals surface area contributed by atoms with Crippen molar-refractivity contribution in [2.45, 2.75) is 37.1 Å². The highest BCUT2D eigenvalue weighted by Crippen LogP contribution is 2.26. The molecule has 4 heteroatoms. The van der Waals surface area contributed by atoms with Crippen LogP contribution in [0, 0.1) is 6.92 Å². The van der Waals surface area contributed by atoms with E-state index in [9.17, 15) is 5.11 Å². The van der Waals surface area contributed by atoms with E-state index < -0.39 is 5.60 Å². The molecule has 1 N–H and O–H groups in total. The van der Waals surface area contributed by atoms with E-state index in [-0.39, 0.29) is 0 Å². The zero-order valence-corrected chi connectivity index (χ0v) is 9.84. The molecule has 1 rings (SSSR count). The van der Waals surface area contributed by atoms with Gasteiger partial charge < -0.3 is 5.11 Å². The Morgan fingerprint density at radius 1 is 1.69 bits per heavy atom. The van der Waals surface area contributed by atoms with Gasteiger partial charge >= 0.3 is 0 Å². The Kier molecular flexibility index (Phi) is 3.76. The molecule has 1 atom stereocenters. The fourth-order valence-corrected chi connectivity index (χ4v) is 2.68. The summed E-state index contributed by atoms with van der Waals surface area (Å²) in [5.41, 5.74) is 0.494. The molecule has 0 spiro atoms. The van der Waals surface area contributed by atoms with Gasteiger partial charge in [0.05, 0.1) is 5.60 Å². The third-order valence-corrected chi connectivity index (χ3v) is 4.36. The average molecular weight is 217 g/mol. The molecule has 0 fully saturated rings. The minimum absolute atomic E-state index is 0.565. The lowest BCUT2D eigenvalue weighted by atomic mass is 10.1. The molecule has 0 saturated heterocycles. The van der Waals surface area contributed by atoms with Gasteiger partial charge in [-0.3, -0.25) is 0 Å². The van der Waals surface area contributed by atoms with Crippen molar-refractivity contribution >= 4 is 23.1 Å². The molecule has 1 unspecified atom stereocenters. The molecule has 1 aromatic heterocycles. The molecule has 0 radical (unpaired) electrons. The van der Waals surface area contributed by atoms with Crippen LogP contribution in [0.15, 0.2) is 9.72 Å². The Morgan fingerprint density at radius 2 is 2.38 bits per heavy atom. The molecule has 1 aromatic rings. The third-order valence-electron chi connectivity index (χ3n) is 1.87. The largest absolute Gasteiger partial charge is 0.389 e. The van der Waals surface area contributed by atoms with E-state index in [1.54, 1.807) is 23.1 Å². The summed E-state index contributed by atoms with van der Waals surface area (Å²) in [7, 11) is 0. The molecule has 0 bridgehead atoms. The van der Waals surface area contributed by atoms with Crippen LogP contribution in [0.1, 0.15) is 26.0 Å². The summed E-state index contributed by atoms with van der Waals surface area (Å²) in [6, 6.07) is 0. The molecule has 0 aliphatic carbocycles. The van der Waals surface area contributed by atoms with Gasteiger partial charge in [-0.2, -0.15) is 0 Å². The Balaban J connectivity index is 2.43. The van der Waals surface area contributed by atoms with Crippen LogP contribution < -0.4 is 0 Å². The summed E-state index contributed by atoms with van der Waals surface area (Å²) in [6.45, 7) is 5.84. The van der Waals surface area contributed by atoms with Crippen LogP contribution in [0.3, 0.4) is 0 Å². The van der Waals surface area contributed by atoms with E-state index in [0.29, 0.717) is 0 Å². The van der Waals surface area contributed by atoms with Gasteiger partial charge in [0.25, 0.3) is 0 Å². The molecule has 0 aliphatic heterocycles. The Morgan fingerprint density at radius 3 is 2.85 bits per heavy atom. The summed E-state index contributed by atoms with van der Waals surface area (Å²) >= 11 is 3.27. The molecule has 0 aromatic carbocycles. The van der Waals surface area contributed by atoms with E-state index in [1.165, 1.54) is 0 Å². The number of aliphatic hydroxyl groups is 1. The Labute approximate surface area is 87.4 Å². The second-order valence-electron chi connectivity index (χ2n) is 3.39. The SMILES string of the molecule is CCC(C)(O)CSc1nc(C)cs1. The lowest BCUT2D eigenvalue weighted by molar-refractivity contribution is 0.0816. The summed E-state index contributed by atoms with van der Waals surface area (Å²) in [6.07, 6.45) is 0.782. The van der Waals surface area contributed by atoms with Crippen molar-refractivity contribution in [2.75, 3.05) is 5.75 Å². The zero-order valence-electron chi connectivity index (χ0n) is 8.20. The normalized spacial score (nSPS) is 15.7. The quantitative estimate of drug-likeness (QED) is 0.787. The predicted octanol–water partition coefficient (Wildman–Crippen LogP) is 2.70. The van der Waals surface area contributed by atoms with Gasteiger partial charge in [0.15, 0.2) is 0 Å². The number of aromatic nitrogens is 1. The second kappa shape index (κ2) is 4.44. The van der Waals surface area contributed by atoms with E-state index >= 15 is 0 Å². The topological polar surface area (TPSA) is 33.1 Å². The minimum atomic E-state index is -0.565. The first-order chi connectivity index (χ1) is 6.03. The van der Waals surface area contributed by atoms with Crippen molar-refractivity contribution in [1.82, 2.24) is 4.98 Å². The molecule has 0 aliphatic rings. The summed E-state index contributed by atoms with van der Waals surface area (Å²) < 4.78 is 1.05. The van der Waals surface area contributed by atoms with Crippen molar-refractivity contribution in [1.29, 1.82) is 0 Å². The lowest BCUT2D eigenvalue weighted by Crippen LogP contribution is -2.25. The Bertz CT molecular complexity index is 270. The van der Waals surface area contributed by atoms with Crippen LogP contribution in [0.4, 0.5) is 0 Å². The maximum Gasteiger partial charge on any atom is 0.150 e. The van der Waals surface area contributed by atoms with Gasteiger partial charge in [0.2, 0.25) is 0 Å². The number of rotatable bonds is 4. The van der Waals surface area contributed by atoms with Crippen molar-refractivity contribution in [3.05, 3.63) is 11.1 Å². The number of aryl methyl sites for hydroxylation is 1. The third kappa shape index (κ3) is 3.67. The molecule has 74 valence electrons. The van der Waals surface area contributed by atoms with Gasteiger partial charge in [-0.1, -0.05) is 18.7 Å². The molecule has 0 amide bonds. The van der Waals surface area contributed by atoms with E-state index in [2.05, 4.69) is 4.98 Å². The first-order valence-corrected chi connectivity index (χ1v) is 6.17. The number of hydrogen-bond donors (Lipinski definition) is 1. The van der Waals surface area contributed by atoms with E-state index in [4.69, 9.17) is 0 Å². The summed E-state index contributed by atoms with van der Waals surface area (Å²) in [4.78, 5) is 4.32. The van der Waals surface area contributed by atoms with Crippen molar-refractivity contribution in [2.24, 2.45) is 0 Å². The fraction of sp³-hybridized carbons (Fsp3) is 0.667. The van der Waals surface area contributed by atoms with Crippen LogP contribution in [0.5, 0.6) is 0 Å². The maximum atomic E-state index is 9.75. The zero-order chi connectivity index (χ0) is 9.90. The summed E-state index contributed by atoms with van der Waals surface area (Å²) in [5, 5.41) is 11.8. The van der Waals surface area contributed by atoms with Crippen molar-refractivity contribution in [3.8, 4) is 0 Å².